The number of allylic oxidation sites excluding steroid dienone is 2. The van der Waals surface area contributed by atoms with Gasteiger partial charge in [-0.25, -0.2) is 0 Å². The maximum Gasteiger partial charge on any atom is 0.133 e. The second-order valence-electron chi connectivity index (χ2n) is 9.70. The highest BCUT2D eigenvalue weighted by atomic mass is 16.1. The number of rotatable bonds is 1. The van der Waals surface area contributed by atoms with E-state index in [4.69, 9.17) is 0 Å². The summed E-state index contributed by atoms with van der Waals surface area (Å²) in [6, 6.07) is 0. The lowest BCUT2D eigenvalue weighted by Gasteiger charge is -2.59. The predicted octanol–water partition coefficient (Wildman–Crippen LogP) is 5.79. The van der Waals surface area contributed by atoms with Gasteiger partial charge >= 0.3 is 0 Å². The van der Waals surface area contributed by atoms with Gasteiger partial charge in [0.05, 0.1) is 0 Å². The molecular formula is C22H34O. The second kappa shape index (κ2) is 5.20. The second-order valence-corrected chi connectivity index (χ2v) is 9.70. The van der Waals surface area contributed by atoms with E-state index in [-0.39, 0.29) is 0 Å². The van der Waals surface area contributed by atoms with Gasteiger partial charge in [-0.1, -0.05) is 32.4 Å². The van der Waals surface area contributed by atoms with Gasteiger partial charge < -0.3 is 0 Å². The van der Waals surface area contributed by atoms with Crippen molar-refractivity contribution in [3.63, 3.8) is 0 Å². The lowest BCUT2D eigenvalue weighted by atomic mass is 9.45. The van der Waals surface area contributed by atoms with Gasteiger partial charge in [0.2, 0.25) is 0 Å². The van der Waals surface area contributed by atoms with Gasteiger partial charge in [-0.3, -0.25) is 4.79 Å². The summed E-state index contributed by atoms with van der Waals surface area (Å²) in [4.78, 5) is 12.2. The molecule has 0 spiro atoms. The number of ketones is 1. The van der Waals surface area contributed by atoms with Crippen LogP contribution in [0.3, 0.4) is 0 Å². The molecule has 7 atom stereocenters. The molecule has 128 valence electrons. The van der Waals surface area contributed by atoms with Gasteiger partial charge in [0.25, 0.3) is 0 Å². The van der Waals surface area contributed by atoms with Gasteiger partial charge in [0.1, 0.15) is 5.78 Å². The van der Waals surface area contributed by atoms with Crippen LogP contribution in [0.1, 0.15) is 79.1 Å². The summed E-state index contributed by atoms with van der Waals surface area (Å²) in [7, 11) is 0. The SMILES string of the molecule is CC(=O)[C@H]1CC[C@H]2[C@@H]3CC=C4CCCC(C)[C@]4(C)[C@H]3CC[C@]12C. The summed E-state index contributed by atoms with van der Waals surface area (Å²) >= 11 is 0. The molecule has 0 aromatic rings. The zero-order valence-electron chi connectivity index (χ0n) is 15.5. The Morgan fingerprint density at radius 2 is 1.91 bits per heavy atom. The van der Waals surface area contributed by atoms with E-state index in [0.29, 0.717) is 22.5 Å². The Hall–Kier alpha value is -0.590. The van der Waals surface area contributed by atoms with Crippen molar-refractivity contribution in [1.82, 2.24) is 0 Å². The molecule has 23 heavy (non-hydrogen) atoms. The molecule has 0 heterocycles. The van der Waals surface area contributed by atoms with Crippen LogP contribution in [-0.2, 0) is 4.79 Å². The van der Waals surface area contributed by atoms with E-state index in [9.17, 15) is 4.79 Å². The van der Waals surface area contributed by atoms with Crippen LogP contribution in [-0.4, -0.2) is 5.78 Å². The number of carbonyl (C=O) groups is 1. The van der Waals surface area contributed by atoms with E-state index in [1.807, 2.05) is 6.92 Å². The van der Waals surface area contributed by atoms with E-state index in [0.717, 1.165) is 30.1 Å². The highest BCUT2D eigenvalue weighted by Crippen LogP contribution is 2.67. The fraction of sp³-hybridized carbons (Fsp3) is 0.864. The third-order valence-corrected chi connectivity index (χ3v) is 9.13. The van der Waals surface area contributed by atoms with Crippen LogP contribution < -0.4 is 0 Å². The van der Waals surface area contributed by atoms with Crippen LogP contribution in [0, 0.1) is 40.4 Å². The zero-order chi connectivity index (χ0) is 16.4. The van der Waals surface area contributed by atoms with Crippen molar-refractivity contribution in [2.24, 2.45) is 40.4 Å². The molecule has 4 aliphatic carbocycles. The molecule has 0 aromatic heterocycles. The molecule has 0 radical (unpaired) electrons. The maximum atomic E-state index is 12.2. The van der Waals surface area contributed by atoms with Crippen LogP contribution in [0.5, 0.6) is 0 Å². The summed E-state index contributed by atoms with van der Waals surface area (Å²) in [6.45, 7) is 9.41. The summed E-state index contributed by atoms with van der Waals surface area (Å²) in [5.41, 5.74) is 2.55. The molecule has 0 saturated heterocycles. The summed E-state index contributed by atoms with van der Waals surface area (Å²) in [6.07, 6.45) is 13.2. The maximum absolute atomic E-state index is 12.2. The predicted molar refractivity (Wildman–Crippen MR) is 95.0 cm³/mol. The number of fused-ring (bicyclic) bond motifs is 5. The van der Waals surface area contributed by atoms with Crippen molar-refractivity contribution in [3.05, 3.63) is 11.6 Å². The minimum absolute atomic E-state index is 0.298. The Kier molecular flexibility index (Phi) is 3.60. The minimum atomic E-state index is 0.298. The monoisotopic (exact) mass is 314 g/mol. The Bertz CT molecular complexity index is 546. The molecule has 1 nitrogen and oxygen atoms in total. The molecule has 0 bridgehead atoms. The third kappa shape index (κ3) is 2.01. The molecule has 0 N–H and O–H groups in total. The molecule has 0 amide bonds. The molecule has 0 aliphatic heterocycles. The highest BCUT2D eigenvalue weighted by Gasteiger charge is 2.59. The van der Waals surface area contributed by atoms with Gasteiger partial charge in [-0.05, 0) is 92.8 Å². The number of Topliss-reactive ketones (excluding diaryl/α,β-unsaturated/α-hetero) is 1. The smallest absolute Gasteiger partial charge is 0.133 e. The summed E-state index contributed by atoms with van der Waals surface area (Å²) in [5, 5.41) is 0. The fourth-order valence-electron chi connectivity index (χ4n) is 7.72. The average Bonchev–Trinajstić information content (AvgIpc) is 2.86. The summed E-state index contributed by atoms with van der Waals surface area (Å²) in [5.74, 6) is 4.14. The van der Waals surface area contributed by atoms with Gasteiger partial charge in [-0.15, -0.1) is 0 Å². The molecule has 1 heteroatoms. The quantitative estimate of drug-likeness (QED) is 0.560. The average molecular weight is 315 g/mol. The Labute approximate surface area is 142 Å². The first-order valence-electron chi connectivity index (χ1n) is 10.1. The van der Waals surface area contributed by atoms with Crippen LogP contribution in [0.15, 0.2) is 11.6 Å². The first-order chi connectivity index (χ1) is 10.9. The third-order valence-electron chi connectivity index (χ3n) is 9.13. The van der Waals surface area contributed by atoms with Crippen molar-refractivity contribution >= 4 is 5.78 Å². The van der Waals surface area contributed by atoms with Crippen molar-refractivity contribution < 1.29 is 4.79 Å². The van der Waals surface area contributed by atoms with Crippen molar-refractivity contribution in [3.8, 4) is 0 Å². The normalized spacial score (nSPS) is 52.2. The minimum Gasteiger partial charge on any atom is -0.300 e. The lowest BCUT2D eigenvalue weighted by Crippen LogP contribution is -2.52. The first-order valence-corrected chi connectivity index (χ1v) is 10.1. The number of hydrogen-bond donors (Lipinski definition) is 0. The lowest BCUT2D eigenvalue weighted by molar-refractivity contribution is -0.127. The Morgan fingerprint density at radius 3 is 2.65 bits per heavy atom. The van der Waals surface area contributed by atoms with Gasteiger partial charge in [-0.2, -0.15) is 0 Å². The fourth-order valence-corrected chi connectivity index (χ4v) is 7.72. The molecule has 3 saturated carbocycles. The van der Waals surface area contributed by atoms with E-state index in [1.165, 1.54) is 44.9 Å². The molecular weight excluding hydrogens is 280 g/mol. The van der Waals surface area contributed by atoms with Crippen molar-refractivity contribution in [2.45, 2.75) is 79.1 Å². The largest absolute Gasteiger partial charge is 0.300 e. The van der Waals surface area contributed by atoms with Gasteiger partial charge in [0.15, 0.2) is 0 Å². The van der Waals surface area contributed by atoms with Crippen LogP contribution >= 0.6 is 0 Å². The van der Waals surface area contributed by atoms with Crippen molar-refractivity contribution in [1.29, 1.82) is 0 Å². The Morgan fingerprint density at radius 1 is 1.13 bits per heavy atom. The van der Waals surface area contributed by atoms with Crippen molar-refractivity contribution in [2.75, 3.05) is 0 Å². The Balaban J connectivity index is 1.70. The highest BCUT2D eigenvalue weighted by molar-refractivity contribution is 5.79. The molecule has 4 rings (SSSR count). The molecule has 4 aliphatic rings. The van der Waals surface area contributed by atoms with E-state index < -0.39 is 0 Å². The number of carbonyl (C=O) groups excluding carboxylic acids is 1. The van der Waals surface area contributed by atoms with E-state index >= 15 is 0 Å². The van der Waals surface area contributed by atoms with E-state index in [2.05, 4.69) is 26.8 Å². The molecule has 0 aromatic carbocycles. The van der Waals surface area contributed by atoms with E-state index in [1.54, 1.807) is 5.57 Å². The number of hydrogen-bond acceptors (Lipinski definition) is 1. The van der Waals surface area contributed by atoms with Crippen LogP contribution in [0.25, 0.3) is 0 Å². The standard InChI is InChI=1S/C22H34O/c1-14-6-5-7-16-8-9-17-19-11-10-18(15(2)23)21(19,3)13-12-20(17)22(14,16)4/h8,14,17-20H,5-7,9-13H2,1-4H3/t14?,17-,18+,19-,20-,21+,22-/m0/s1. The van der Waals surface area contributed by atoms with Crippen LogP contribution in [0.4, 0.5) is 0 Å². The molecule has 1 unspecified atom stereocenters. The zero-order valence-corrected chi connectivity index (χ0v) is 15.5. The first kappa shape index (κ1) is 15.9. The molecule has 3 fully saturated rings. The topological polar surface area (TPSA) is 17.1 Å². The van der Waals surface area contributed by atoms with Crippen LogP contribution in [0.2, 0.25) is 0 Å². The summed E-state index contributed by atoms with van der Waals surface area (Å²) < 4.78 is 0. The van der Waals surface area contributed by atoms with Gasteiger partial charge in [0, 0.05) is 5.92 Å².